The molecule has 6 heteroatoms. The quantitative estimate of drug-likeness (QED) is 0.722. The number of nitrogens with one attached hydrogen (secondary N) is 1. The van der Waals surface area contributed by atoms with Crippen LogP contribution in [0.5, 0.6) is 0 Å². The SMILES string of the molecule is CC(=O)N1CCCC(c2cc(Nc3cc(C)ccn3)nc(-c3ccccc3)n2)C1. The van der Waals surface area contributed by atoms with E-state index < -0.39 is 0 Å². The molecule has 4 rings (SSSR count). The van der Waals surface area contributed by atoms with E-state index in [2.05, 4.69) is 10.3 Å². The number of nitrogens with zero attached hydrogens (tertiary/aromatic N) is 4. The Morgan fingerprint density at radius 3 is 2.69 bits per heavy atom. The first kappa shape index (κ1) is 19.1. The van der Waals surface area contributed by atoms with Gasteiger partial charge in [0.25, 0.3) is 0 Å². The highest BCUT2D eigenvalue weighted by Gasteiger charge is 2.25. The maximum absolute atomic E-state index is 11.9. The third-order valence-corrected chi connectivity index (χ3v) is 5.23. The van der Waals surface area contributed by atoms with Crippen LogP contribution in [-0.4, -0.2) is 38.8 Å². The van der Waals surface area contributed by atoms with Crippen LogP contribution in [0, 0.1) is 6.92 Å². The fraction of sp³-hybridized carbons (Fsp3) is 0.304. The van der Waals surface area contributed by atoms with E-state index in [0.29, 0.717) is 18.2 Å². The summed E-state index contributed by atoms with van der Waals surface area (Å²) in [4.78, 5) is 27.8. The predicted octanol–water partition coefficient (Wildman–Crippen LogP) is 4.32. The van der Waals surface area contributed by atoms with Gasteiger partial charge in [-0.2, -0.15) is 0 Å². The lowest BCUT2D eigenvalue weighted by atomic mass is 9.94. The Balaban J connectivity index is 1.71. The molecule has 0 aliphatic carbocycles. The molecule has 29 heavy (non-hydrogen) atoms. The molecule has 1 saturated heterocycles. The number of pyridine rings is 1. The van der Waals surface area contributed by atoms with E-state index in [1.807, 2.05) is 60.4 Å². The molecule has 0 radical (unpaired) electrons. The van der Waals surface area contributed by atoms with E-state index in [4.69, 9.17) is 9.97 Å². The van der Waals surface area contributed by atoms with E-state index >= 15 is 0 Å². The van der Waals surface area contributed by atoms with Crippen molar-refractivity contribution in [2.24, 2.45) is 0 Å². The number of amides is 1. The van der Waals surface area contributed by atoms with Gasteiger partial charge >= 0.3 is 0 Å². The molecule has 6 nitrogen and oxygen atoms in total. The first-order valence-corrected chi connectivity index (χ1v) is 9.98. The minimum atomic E-state index is 0.120. The second kappa shape index (κ2) is 8.39. The van der Waals surface area contributed by atoms with E-state index in [-0.39, 0.29) is 11.8 Å². The van der Waals surface area contributed by atoms with Crippen LogP contribution < -0.4 is 5.32 Å². The average molecular weight is 387 g/mol. The van der Waals surface area contributed by atoms with Crippen molar-refractivity contribution in [3.8, 4) is 11.4 Å². The molecule has 1 atom stereocenters. The molecule has 2 aromatic heterocycles. The molecule has 3 aromatic rings. The number of piperidine rings is 1. The van der Waals surface area contributed by atoms with Gasteiger partial charge in [0.2, 0.25) is 5.91 Å². The summed E-state index contributed by atoms with van der Waals surface area (Å²) >= 11 is 0. The Labute approximate surface area is 171 Å². The van der Waals surface area contributed by atoms with Crippen molar-refractivity contribution < 1.29 is 4.79 Å². The van der Waals surface area contributed by atoms with Crippen LogP contribution in [0.4, 0.5) is 11.6 Å². The molecule has 1 N–H and O–H groups in total. The molecule has 1 aromatic carbocycles. The highest BCUT2D eigenvalue weighted by Crippen LogP contribution is 2.29. The maximum atomic E-state index is 11.9. The first-order chi connectivity index (χ1) is 14.1. The second-order valence-corrected chi connectivity index (χ2v) is 7.52. The minimum Gasteiger partial charge on any atom is -0.342 e. The summed E-state index contributed by atoms with van der Waals surface area (Å²) in [6, 6.07) is 15.9. The summed E-state index contributed by atoms with van der Waals surface area (Å²) in [7, 11) is 0. The predicted molar refractivity (Wildman–Crippen MR) is 114 cm³/mol. The van der Waals surface area contributed by atoms with Crippen molar-refractivity contribution in [2.75, 3.05) is 18.4 Å². The summed E-state index contributed by atoms with van der Waals surface area (Å²) in [5.41, 5.74) is 3.05. The van der Waals surface area contributed by atoms with E-state index in [1.54, 1.807) is 13.1 Å². The van der Waals surface area contributed by atoms with E-state index in [9.17, 15) is 4.79 Å². The molecule has 3 heterocycles. The van der Waals surface area contributed by atoms with Crippen molar-refractivity contribution in [3.63, 3.8) is 0 Å². The Morgan fingerprint density at radius 1 is 1.10 bits per heavy atom. The third kappa shape index (κ3) is 4.59. The van der Waals surface area contributed by atoms with Crippen LogP contribution in [-0.2, 0) is 4.79 Å². The Bertz CT molecular complexity index is 1010. The zero-order valence-electron chi connectivity index (χ0n) is 16.8. The highest BCUT2D eigenvalue weighted by molar-refractivity contribution is 5.73. The van der Waals surface area contributed by atoms with E-state index in [1.165, 1.54) is 0 Å². The Hall–Kier alpha value is -3.28. The van der Waals surface area contributed by atoms with Gasteiger partial charge in [-0.15, -0.1) is 0 Å². The van der Waals surface area contributed by atoms with Crippen LogP contribution in [0.15, 0.2) is 54.7 Å². The molecular weight excluding hydrogens is 362 g/mol. The first-order valence-electron chi connectivity index (χ1n) is 9.98. The van der Waals surface area contributed by atoms with Gasteiger partial charge in [0, 0.05) is 43.8 Å². The molecule has 1 fully saturated rings. The molecule has 148 valence electrons. The fourth-order valence-electron chi connectivity index (χ4n) is 3.70. The molecule has 1 aliphatic rings. The number of aromatic nitrogens is 3. The van der Waals surface area contributed by atoms with Crippen LogP contribution in [0.25, 0.3) is 11.4 Å². The zero-order valence-corrected chi connectivity index (χ0v) is 16.8. The standard InChI is InChI=1S/C23H25N5O/c1-16-10-11-24-21(13-16)26-22-14-20(19-9-6-12-28(15-19)17(2)29)25-23(27-22)18-7-4-3-5-8-18/h3-5,7-8,10-11,13-14,19H,6,9,12,15H2,1-2H3,(H,24,25,26,27). The van der Waals surface area contributed by atoms with Gasteiger partial charge < -0.3 is 10.2 Å². The third-order valence-electron chi connectivity index (χ3n) is 5.23. The summed E-state index contributed by atoms with van der Waals surface area (Å²) in [5.74, 6) is 2.46. The van der Waals surface area contributed by atoms with Crippen LogP contribution in [0.3, 0.4) is 0 Å². The molecule has 1 amide bonds. The number of benzene rings is 1. The van der Waals surface area contributed by atoms with Crippen molar-refractivity contribution in [2.45, 2.75) is 32.6 Å². The largest absolute Gasteiger partial charge is 0.342 e. The molecule has 1 aliphatic heterocycles. The summed E-state index contributed by atoms with van der Waals surface area (Å²) in [6.07, 6.45) is 3.78. The minimum absolute atomic E-state index is 0.120. The van der Waals surface area contributed by atoms with Gasteiger partial charge in [0.15, 0.2) is 5.82 Å². The lowest BCUT2D eigenvalue weighted by molar-refractivity contribution is -0.130. The number of likely N-dealkylation sites (tertiary alicyclic amines) is 1. The monoisotopic (exact) mass is 387 g/mol. The van der Waals surface area contributed by atoms with Crippen LogP contribution in [0.2, 0.25) is 0 Å². The smallest absolute Gasteiger partial charge is 0.219 e. The number of hydrogen-bond donors (Lipinski definition) is 1. The summed E-state index contributed by atoms with van der Waals surface area (Å²) < 4.78 is 0. The van der Waals surface area contributed by atoms with E-state index in [0.717, 1.165) is 42.0 Å². The van der Waals surface area contributed by atoms with Gasteiger partial charge in [-0.3, -0.25) is 4.79 Å². The lowest BCUT2D eigenvalue weighted by Gasteiger charge is -2.32. The summed E-state index contributed by atoms with van der Waals surface area (Å²) in [6.45, 7) is 5.18. The average Bonchev–Trinajstić information content (AvgIpc) is 2.74. The van der Waals surface area contributed by atoms with Crippen LogP contribution in [0.1, 0.15) is 36.9 Å². The molecule has 1 unspecified atom stereocenters. The van der Waals surface area contributed by atoms with Crippen LogP contribution >= 0.6 is 0 Å². The lowest BCUT2D eigenvalue weighted by Crippen LogP contribution is -2.37. The molecule has 0 saturated carbocycles. The van der Waals surface area contributed by atoms with Crippen molar-refractivity contribution in [3.05, 3.63) is 66.0 Å². The topological polar surface area (TPSA) is 71.0 Å². The van der Waals surface area contributed by atoms with Gasteiger partial charge in [-0.25, -0.2) is 15.0 Å². The normalized spacial score (nSPS) is 16.5. The summed E-state index contributed by atoms with van der Waals surface area (Å²) in [5, 5.41) is 3.33. The van der Waals surface area contributed by atoms with Crippen molar-refractivity contribution >= 4 is 17.5 Å². The number of carbonyl (C=O) groups excluding carboxylic acids is 1. The van der Waals surface area contributed by atoms with Gasteiger partial charge in [-0.1, -0.05) is 30.3 Å². The Kier molecular flexibility index (Phi) is 5.51. The molecular formula is C23H25N5O. The number of aryl methyl sites for hydroxylation is 1. The van der Waals surface area contributed by atoms with Gasteiger partial charge in [0.05, 0.1) is 5.69 Å². The number of carbonyl (C=O) groups is 1. The van der Waals surface area contributed by atoms with Crippen molar-refractivity contribution in [1.29, 1.82) is 0 Å². The number of rotatable bonds is 4. The maximum Gasteiger partial charge on any atom is 0.219 e. The Morgan fingerprint density at radius 2 is 1.93 bits per heavy atom. The van der Waals surface area contributed by atoms with Gasteiger partial charge in [-0.05, 0) is 37.5 Å². The highest BCUT2D eigenvalue weighted by atomic mass is 16.2. The zero-order chi connectivity index (χ0) is 20.2. The number of anilines is 2. The number of hydrogen-bond acceptors (Lipinski definition) is 5. The molecule has 0 spiro atoms. The van der Waals surface area contributed by atoms with Crippen molar-refractivity contribution in [1.82, 2.24) is 19.9 Å². The fourth-order valence-corrected chi connectivity index (χ4v) is 3.70. The molecule has 0 bridgehead atoms. The van der Waals surface area contributed by atoms with Gasteiger partial charge in [0.1, 0.15) is 11.6 Å². The second-order valence-electron chi connectivity index (χ2n) is 7.52.